The van der Waals surface area contributed by atoms with Crippen molar-refractivity contribution in [2.24, 2.45) is 0 Å². The zero-order chi connectivity index (χ0) is 12.6. The van der Waals surface area contributed by atoms with Crippen LogP contribution in [0.5, 0.6) is 5.75 Å². The highest BCUT2D eigenvalue weighted by molar-refractivity contribution is 14.2. The first kappa shape index (κ1) is 13.4. The molecule has 0 saturated carbocycles. The van der Waals surface area contributed by atoms with E-state index in [-0.39, 0.29) is 5.75 Å². The van der Waals surface area contributed by atoms with Crippen LogP contribution in [0.1, 0.15) is 5.69 Å². The minimum absolute atomic E-state index is 0.155. The van der Waals surface area contributed by atoms with Gasteiger partial charge in [0, 0.05) is 4.47 Å². The number of hydrogen-bond acceptors (Lipinski definition) is 2. The molecule has 1 atom stereocenters. The Morgan fingerprint density at radius 1 is 1.53 bits per heavy atom. The van der Waals surface area contributed by atoms with Crippen molar-refractivity contribution in [1.82, 2.24) is 9.55 Å². The quantitative estimate of drug-likeness (QED) is 0.525. The van der Waals surface area contributed by atoms with Crippen LogP contribution < -0.4 is 4.74 Å². The minimum atomic E-state index is -2.84. The van der Waals surface area contributed by atoms with Gasteiger partial charge >= 0.3 is 6.61 Å². The van der Waals surface area contributed by atoms with E-state index in [9.17, 15) is 8.78 Å². The second kappa shape index (κ2) is 5.32. The molecule has 8 heteroatoms. The second-order valence-corrected chi connectivity index (χ2v) is 6.21. The molecule has 1 heterocycles. The number of hydrogen-bond donors (Lipinski definition) is 0. The van der Waals surface area contributed by atoms with Gasteiger partial charge in [0.05, 0.1) is 23.0 Å². The molecule has 0 aliphatic heterocycles. The van der Waals surface area contributed by atoms with Crippen LogP contribution in [0, 0.1) is 6.92 Å². The smallest absolute Gasteiger partial charge is 0.387 e. The summed E-state index contributed by atoms with van der Waals surface area (Å²) in [5, 5.41) is 4.93. The third-order valence-corrected chi connectivity index (χ3v) is 4.51. The van der Waals surface area contributed by atoms with Crippen LogP contribution in [0.2, 0.25) is 0 Å². The summed E-state index contributed by atoms with van der Waals surface area (Å²) in [7, 11) is 0. The summed E-state index contributed by atoms with van der Waals surface area (Å²) in [5.41, 5.74) is 1.48. The lowest BCUT2D eigenvalue weighted by Crippen LogP contribution is -2.02. The Kier molecular flexibility index (Phi) is 4.20. The van der Waals surface area contributed by atoms with Crippen LogP contribution in [0.4, 0.5) is 8.78 Å². The molecule has 0 amide bonds. The minimum Gasteiger partial charge on any atom is -0.434 e. The van der Waals surface area contributed by atoms with Gasteiger partial charge in [-0.15, -0.1) is 0 Å². The molecule has 3 nitrogen and oxygen atoms in total. The van der Waals surface area contributed by atoms with Crippen molar-refractivity contribution >= 4 is 55.2 Å². The Morgan fingerprint density at radius 3 is 2.82 bits per heavy atom. The third-order valence-electron chi connectivity index (χ3n) is 2.18. The molecular formula is C9H7BrF2IN2OP. The van der Waals surface area contributed by atoms with Crippen LogP contribution in [-0.2, 0) is 0 Å². The first-order valence-corrected chi connectivity index (χ1v) is 9.38. The molecule has 0 N–H and O–H groups in total. The average molecular weight is 435 g/mol. The van der Waals surface area contributed by atoms with Crippen LogP contribution >= 0.6 is 44.3 Å². The van der Waals surface area contributed by atoms with E-state index in [4.69, 9.17) is 0 Å². The summed E-state index contributed by atoms with van der Waals surface area (Å²) in [4.78, 5) is 0. The Hall–Kier alpha value is -0.0100. The Labute approximate surface area is 119 Å². The van der Waals surface area contributed by atoms with Crippen molar-refractivity contribution < 1.29 is 13.5 Å². The number of aromatic nitrogens is 2. The molecule has 0 spiro atoms. The second-order valence-electron chi connectivity index (χ2n) is 3.26. The SMILES string of the molecule is Cc1nn(PI)c2cc(Br)cc(OC(F)F)c12. The van der Waals surface area contributed by atoms with E-state index in [0.29, 0.717) is 21.9 Å². The van der Waals surface area contributed by atoms with Gasteiger partial charge in [-0.3, -0.25) is 0 Å². The summed E-state index contributed by atoms with van der Waals surface area (Å²) in [5.74, 6) is 0.155. The average Bonchev–Trinajstić information content (AvgIpc) is 2.54. The zero-order valence-electron chi connectivity index (χ0n) is 8.55. The molecule has 0 radical (unpaired) electrons. The fourth-order valence-electron chi connectivity index (χ4n) is 1.61. The van der Waals surface area contributed by atoms with E-state index >= 15 is 0 Å². The normalized spacial score (nSPS) is 12.1. The lowest BCUT2D eigenvalue weighted by atomic mass is 10.2. The molecule has 92 valence electrons. The van der Waals surface area contributed by atoms with Gasteiger partial charge < -0.3 is 4.74 Å². The van der Waals surface area contributed by atoms with Crippen molar-refractivity contribution in [2.45, 2.75) is 13.5 Å². The molecular weight excluding hydrogens is 428 g/mol. The van der Waals surface area contributed by atoms with Gasteiger partial charge in [-0.1, -0.05) is 15.9 Å². The molecule has 2 aromatic rings. The number of aryl methyl sites for hydroxylation is 1. The molecule has 0 saturated heterocycles. The van der Waals surface area contributed by atoms with Crippen molar-refractivity contribution in [3.8, 4) is 5.75 Å². The molecule has 2 rings (SSSR count). The number of nitrogens with zero attached hydrogens (tertiary/aromatic N) is 2. The van der Waals surface area contributed by atoms with E-state index in [1.54, 1.807) is 11.4 Å². The van der Waals surface area contributed by atoms with E-state index in [2.05, 4.69) is 47.8 Å². The molecule has 1 aromatic heterocycles. The highest BCUT2D eigenvalue weighted by Crippen LogP contribution is 2.37. The molecule has 0 fully saturated rings. The van der Waals surface area contributed by atoms with E-state index < -0.39 is 6.61 Å². The van der Waals surface area contributed by atoms with Gasteiger partial charge in [0.2, 0.25) is 0 Å². The predicted octanol–water partition coefficient (Wildman–Crippen LogP) is 4.50. The molecule has 1 aromatic carbocycles. The van der Waals surface area contributed by atoms with E-state index in [1.807, 2.05) is 6.07 Å². The monoisotopic (exact) mass is 434 g/mol. The van der Waals surface area contributed by atoms with Crippen LogP contribution in [0.25, 0.3) is 10.9 Å². The maximum Gasteiger partial charge on any atom is 0.387 e. The fourth-order valence-corrected chi connectivity index (χ4v) is 3.59. The summed E-state index contributed by atoms with van der Waals surface area (Å²) in [6, 6.07) is 3.38. The topological polar surface area (TPSA) is 27.1 Å². The van der Waals surface area contributed by atoms with Crippen molar-refractivity contribution in [2.75, 3.05) is 0 Å². The lowest BCUT2D eigenvalue weighted by Gasteiger charge is -2.07. The van der Waals surface area contributed by atoms with Gasteiger partial charge in [0.15, 0.2) is 0 Å². The van der Waals surface area contributed by atoms with Crippen molar-refractivity contribution in [3.63, 3.8) is 0 Å². The first-order valence-electron chi connectivity index (χ1n) is 4.53. The highest BCUT2D eigenvalue weighted by atomic mass is 127. The Balaban J connectivity index is 2.70. The maximum absolute atomic E-state index is 12.3. The number of benzene rings is 1. The number of alkyl halides is 2. The van der Waals surface area contributed by atoms with Crippen LogP contribution in [-0.4, -0.2) is 16.2 Å². The summed E-state index contributed by atoms with van der Waals surface area (Å²) < 4.78 is 31.7. The molecule has 0 aliphatic carbocycles. The lowest BCUT2D eigenvalue weighted by molar-refractivity contribution is -0.0488. The third kappa shape index (κ3) is 2.71. The van der Waals surface area contributed by atoms with Gasteiger partial charge in [-0.25, -0.2) is 4.45 Å². The summed E-state index contributed by atoms with van der Waals surface area (Å²) in [6.07, 6.45) is 0.405. The van der Waals surface area contributed by atoms with Crippen LogP contribution in [0.15, 0.2) is 16.6 Å². The van der Waals surface area contributed by atoms with Crippen molar-refractivity contribution in [1.29, 1.82) is 0 Å². The summed E-state index contributed by atoms with van der Waals surface area (Å²) >= 11 is 5.47. The van der Waals surface area contributed by atoms with Gasteiger partial charge in [0.25, 0.3) is 0 Å². The maximum atomic E-state index is 12.3. The molecule has 0 bridgehead atoms. The molecule has 1 unspecified atom stereocenters. The van der Waals surface area contributed by atoms with Gasteiger partial charge in [-0.2, -0.15) is 13.9 Å². The number of ether oxygens (including phenoxy) is 1. The van der Waals surface area contributed by atoms with Crippen LogP contribution in [0.3, 0.4) is 0 Å². The standard InChI is InChI=1S/C9H7BrF2IN2OP/c1-4-8-6(15(14-4)17-13)2-5(10)3-7(8)16-9(11)12/h2-3,9,17H,1H3. The fraction of sp³-hybridized carbons (Fsp3) is 0.222. The summed E-state index contributed by atoms with van der Waals surface area (Å²) in [6.45, 7) is -1.06. The Morgan fingerprint density at radius 2 is 2.24 bits per heavy atom. The first-order chi connectivity index (χ1) is 8.02. The molecule has 0 aliphatic rings. The van der Waals surface area contributed by atoms with E-state index in [0.717, 1.165) is 5.52 Å². The van der Waals surface area contributed by atoms with Crippen molar-refractivity contribution in [3.05, 3.63) is 22.3 Å². The van der Waals surface area contributed by atoms with E-state index in [1.165, 1.54) is 6.07 Å². The predicted molar refractivity (Wildman–Crippen MR) is 76.5 cm³/mol. The number of halogens is 4. The van der Waals surface area contributed by atoms with Gasteiger partial charge in [0.1, 0.15) is 5.75 Å². The Bertz CT molecular complexity index is 563. The number of rotatable bonds is 3. The zero-order valence-corrected chi connectivity index (χ0v) is 13.3. The number of fused-ring (bicyclic) bond motifs is 1. The largest absolute Gasteiger partial charge is 0.434 e. The highest BCUT2D eigenvalue weighted by Gasteiger charge is 2.16. The van der Waals surface area contributed by atoms with Gasteiger partial charge in [-0.05, 0) is 41.1 Å². The molecule has 17 heavy (non-hydrogen) atoms.